The molecule has 1 aliphatic rings. The molecule has 1 amide bonds. The largest absolute Gasteiger partial charge is 0.354 e. The molecule has 0 radical (unpaired) electrons. The second-order valence-corrected chi connectivity index (χ2v) is 7.90. The summed E-state index contributed by atoms with van der Waals surface area (Å²) in [6, 6.07) is 7.83. The van der Waals surface area contributed by atoms with Gasteiger partial charge in [-0.05, 0) is 19.1 Å². The van der Waals surface area contributed by atoms with Crippen LogP contribution in [0.15, 0.2) is 30.5 Å². The molecule has 0 spiro atoms. The highest BCUT2D eigenvalue weighted by atomic mass is 32.2. The lowest BCUT2D eigenvalue weighted by Gasteiger charge is -2.28. The highest BCUT2D eigenvalue weighted by Gasteiger charge is 2.24. The van der Waals surface area contributed by atoms with Crippen LogP contribution in [-0.4, -0.2) is 57.3 Å². The van der Waals surface area contributed by atoms with Gasteiger partial charge in [0.15, 0.2) is 5.65 Å². The van der Waals surface area contributed by atoms with Gasteiger partial charge in [-0.1, -0.05) is 17.7 Å². The van der Waals surface area contributed by atoms with Crippen molar-refractivity contribution < 1.29 is 4.79 Å². The van der Waals surface area contributed by atoms with Crippen LogP contribution in [-0.2, 0) is 7.05 Å². The number of aromatic nitrogens is 4. The maximum atomic E-state index is 13.1. The van der Waals surface area contributed by atoms with E-state index in [-0.39, 0.29) is 11.7 Å². The number of rotatable bonds is 3. The predicted octanol–water partition coefficient (Wildman–Crippen LogP) is 2.50. The lowest BCUT2D eigenvalue weighted by Crippen LogP contribution is -2.34. The second-order valence-electron chi connectivity index (χ2n) is 6.68. The Morgan fingerprint density at radius 3 is 2.56 bits per heavy atom. The van der Waals surface area contributed by atoms with Crippen molar-refractivity contribution in [2.45, 2.75) is 6.92 Å². The minimum atomic E-state index is -0.227. The second kappa shape index (κ2) is 7.19. The number of anilines is 2. The van der Waals surface area contributed by atoms with Gasteiger partial charge in [0, 0.05) is 44.4 Å². The third-order valence-electron chi connectivity index (χ3n) is 4.80. The van der Waals surface area contributed by atoms with E-state index in [4.69, 9.17) is 0 Å². The molecule has 0 unspecified atom stereocenters. The number of amides is 1. The van der Waals surface area contributed by atoms with Crippen LogP contribution in [0.2, 0.25) is 0 Å². The van der Waals surface area contributed by atoms with Crippen LogP contribution in [0.25, 0.3) is 11.0 Å². The molecule has 1 saturated heterocycles. The van der Waals surface area contributed by atoms with E-state index in [1.807, 2.05) is 50.0 Å². The van der Waals surface area contributed by atoms with Crippen molar-refractivity contribution in [1.29, 1.82) is 0 Å². The first-order chi connectivity index (χ1) is 13.0. The molecule has 140 valence electrons. The lowest BCUT2D eigenvalue weighted by atomic mass is 10.2. The summed E-state index contributed by atoms with van der Waals surface area (Å²) in [5.41, 5.74) is 2.64. The van der Waals surface area contributed by atoms with Crippen molar-refractivity contribution in [3.63, 3.8) is 0 Å². The number of carbonyl (C=O) groups excluding carboxylic acids is 1. The molecule has 7 nitrogen and oxygen atoms in total. The molecule has 1 aliphatic heterocycles. The summed E-state index contributed by atoms with van der Waals surface area (Å²) in [5.74, 6) is 2.88. The lowest BCUT2D eigenvalue weighted by molar-refractivity contribution is 0.0983. The van der Waals surface area contributed by atoms with Gasteiger partial charge in [0.2, 0.25) is 5.82 Å². The third kappa shape index (κ3) is 3.37. The molecule has 0 bridgehead atoms. The van der Waals surface area contributed by atoms with Crippen LogP contribution in [0, 0.1) is 6.92 Å². The fraction of sp³-hybridized carbons (Fsp3) is 0.368. The molecule has 3 heterocycles. The number of hydrogen-bond acceptors (Lipinski definition) is 6. The maximum absolute atomic E-state index is 13.1. The molecular weight excluding hydrogens is 360 g/mol. The number of benzene rings is 1. The molecule has 27 heavy (non-hydrogen) atoms. The van der Waals surface area contributed by atoms with E-state index >= 15 is 0 Å². The van der Waals surface area contributed by atoms with E-state index in [1.54, 1.807) is 22.8 Å². The molecular formula is C19H22N6OS. The molecule has 0 aliphatic carbocycles. The SMILES string of the molecule is Cc1ccc(N(C)C(=O)c2nc(N3CCSCC3)c3cnn(C)c3n2)cc1. The minimum Gasteiger partial charge on any atom is -0.354 e. The first kappa shape index (κ1) is 17.8. The Bertz CT molecular complexity index is 978. The number of nitrogens with zero attached hydrogens (tertiary/aromatic N) is 6. The van der Waals surface area contributed by atoms with Crippen molar-refractivity contribution in [3.05, 3.63) is 41.9 Å². The van der Waals surface area contributed by atoms with Crippen LogP contribution in [0.3, 0.4) is 0 Å². The van der Waals surface area contributed by atoms with E-state index in [9.17, 15) is 4.79 Å². The summed E-state index contributed by atoms with van der Waals surface area (Å²) in [6.45, 7) is 3.84. The normalized spacial score (nSPS) is 14.6. The van der Waals surface area contributed by atoms with Crippen molar-refractivity contribution in [2.75, 3.05) is 41.4 Å². The van der Waals surface area contributed by atoms with Crippen molar-refractivity contribution in [2.24, 2.45) is 7.05 Å². The monoisotopic (exact) mass is 382 g/mol. The number of aryl methyl sites for hydroxylation is 2. The summed E-state index contributed by atoms with van der Waals surface area (Å²) in [4.78, 5) is 26.1. The average molecular weight is 382 g/mol. The predicted molar refractivity (Wildman–Crippen MR) is 110 cm³/mol. The molecule has 3 aromatic rings. The average Bonchev–Trinajstić information content (AvgIpc) is 3.08. The van der Waals surface area contributed by atoms with Gasteiger partial charge in [-0.2, -0.15) is 16.9 Å². The number of thioether (sulfide) groups is 1. The Morgan fingerprint density at radius 2 is 1.85 bits per heavy atom. The van der Waals surface area contributed by atoms with E-state index in [2.05, 4.69) is 20.0 Å². The summed E-state index contributed by atoms with van der Waals surface area (Å²) < 4.78 is 1.70. The molecule has 4 rings (SSSR count). The number of carbonyl (C=O) groups is 1. The van der Waals surface area contributed by atoms with E-state index < -0.39 is 0 Å². The zero-order valence-electron chi connectivity index (χ0n) is 15.7. The number of hydrogen-bond donors (Lipinski definition) is 0. The van der Waals surface area contributed by atoms with Crippen molar-refractivity contribution in [1.82, 2.24) is 19.7 Å². The Morgan fingerprint density at radius 1 is 1.15 bits per heavy atom. The smallest absolute Gasteiger partial charge is 0.295 e. The van der Waals surface area contributed by atoms with Crippen molar-refractivity contribution in [3.8, 4) is 0 Å². The standard InChI is InChI=1S/C19H22N6OS/c1-13-4-6-14(7-5-13)23(2)19(26)16-21-17-15(12-20-24(17)3)18(22-16)25-8-10-27-11-9-25/h4-7,12H,8-11H2,1-3H3. The molecule has 8 heteroatoms. The Balaban J connectivity index is 1.75. The Kier molecular flexibility index (Phi) is 4.73. The maximum Gasteiger partial charge on any atom is 0.295 e. The molecule has 2 aromatic heterocycles. The summed E-state index contributed by atoms with van der Waals surface area (Å²) in [7, 11) is 3.59. The molecule has 0 atom stereocenters. The number of fused-ring (bicyclic) bond motifs is 1. The van der Waals surface area contributed by atoms with Gasteiger partial charge in [-0.25, -0.2) is 9.97 Å². The van der Waals surface area contributed by atoms with Crippen LogP contribution >= 0.6 is 11.8 Å². The van der Waals surface area contributed by atoms with E-state index in [1.165, 1.54) is 0 Å². The Labute approximate surface area is 162 Å². The topological polar surface area (TPSA) is 67.2 Å². The highest BCUT2D eigenvalue weighted by Crippen LogP contribution is 2.26. The molecule has 1 aromatic carbocycles. The van der Waals surface area contributed by atoms with Gasteiger partial charge in [0.25, 0.3) is 5.91 Å². The van der Waals surface area contributed by atoms with Crippen LogP contribution in [0.4, 0.5) is 11.5 Å². The quantitative estimate of drug-likeness (QED) is 0.693. The zero-order chi connectivity index (χ0) is 19.0. The van der Waals surface area contributed by atoms with Gasteiger partial charge in [-0.15, -0.1) is 0 Å². The van der Waals surface area contributed by atoms with E-state index in [0.29, 0.717) is 5.65 Å². The zero-order valence-corrected chi connectivity index (χ0v) is 16.5. The summed E-state index contributed by atoms with van der Waals surface area (Å²) in [6.07, 6.45) is 1.78. The highest BCUT2D eigenvalue weighted by molar-refractivity contribution is 7.99. The molecule has 1 fully saturated rings. The van der Waals surface area contributed by atoms with Gasteiger partial charge in [0.1, 0.15) is 5.82 Å². The van der Waals surface area contributed by atoms with Crippen LogP contribution < -0.4 is 9.80 Å². The van der Waals surface area contributed by atoms with Crippen LogP contribution in [0.1, 0.15) is 16.2 Å². The fourth-order valence-corrected chi connectivity index (χ4v) is 4.06. The first-order valence-electron chi connectivity index (χ1n) is 8.92. The molecule has 0 N–H and O–H groups in total. The van der Waals surface area contributed by atoms with Crippen LogP contribution in [0.5, 0.6) is 0 Å². The van der Waals surface area contributed by atoms with Gasteiger partial charge < -0.3 is 9.80 Å². The van der Waals surface area contributed by atoms with E-state index in [0.717, 1.165) is 47.1 Å². The fourth-order valence-electron chi connectivity index (χ4n) is 3.15. The summed E-state index contributed by atoms with van der Waals surface area (Å²) in [5, 5.41) is 5.21. The Hall–Kier alpha value is -2.61. The third-order valence-corrected chi connectivity index (χ3v) is 5.74. The van der Waals surface area contributed by atoms with Gasteiger partial charge in [0.05, 0.1) is 11.6 Å². The van der Waals surface area contributed by atoms with Gasteiger partial charge in [-0.3, -0.25) is 9.48 Å². The first-order valence-corrected chi connectivity index (χ1v) is 10.1. The minimum absolute atomic E-state index is 0.197. The van der Waals surface area contributed by atoms with Gasteiger partial charge >= 0.3 is 0 Å². The van der Waals surface area contributed by atoms with Crippen molar-refractivity contribution >= 4 is 40.2 Å². The summed E-state index contributed by atoms with van der Waals surface area (Å²) >= 11 is 1.94. The molecule has 0 saturated carbocycles.